The third kappa shape index (κ3) is 2.25. The monoisotopic (exact) mass is 228 g/mol. The molecule has 2 rings (SSSR count). The van der Waals surface area contributed by atoms with Crippen molar-refractivity contribution in [2.45, 2.75) is 4.90 Å². The van der Waals surface area contributed by atoms with Crippen LogP contribution in [0, 0.1) is 0 Å². The lowest BCUT2D eigenvalue weighted by molar-refractivity contribution is 1.24. The summed E-state index contributed by atoms with van der Waals surface area (Å²) in [7, 11) is 0. The zero-order chi connectivity index (χ0) is 11.4. The van der Waals surface area contributed by atoms with E-state index in [1.54, 1.807) is 0 Å². The van der Waals surface area contributed by atoms with E-state index in [0.717, 1.165) is 21.7 Å². The fourth-order valence-corrected chi connectivity index (χ4v) is 1.68. The van der Waals surface area contributed by atoms with Crippen molar-refractivity contribution in [3.63, 3.8) is 0 Å². The first-order valence-corrected chi connectivity index (χ1v) is 5.38. The number of hydrazone groups is 1. The highest BCUT2D eigenvalue weighted by Gasteiger charge is 2.05. The number of nitrogens with two attached hydrogens (primary N) is 1. The van der Waals surface area contributed by atoms with Gasteiger partial charge in [-0.2, -0.15) is 5.10 Å². The quantitative estimate of drug-likeness (QED) is 0.353. The highest BCUT2D eigenvalue weighted by atomic mass is 32.1. The van der Waals surface area contributed by atoms with Crippen LogP contribution in [-0.2, 0) is 0 Å². The number of hydrogen-bond donors (Lipinski definition) is 2. The Morgan fingerprint density at radius 1 is 0.875 bits per heavy atom. The molecule has 0 aliphatic heterocycles. The minimum Gasteiger partial charge on any atom is -0.323 e. The van der Waals surface area contributed by atoms with Gasteiger partial charge in [0.15, 0.2) is 0 Å². The van der Waals surface area contributed by atoms with E-state index in [9.17, 15) is 0 Å². The Hall–Kier alpha value is -1.74. The second kappa shape index (κ2) is 4.86. The SMILES string of the molecule is N/N=C(\c1ccccc1)c1ccc(S)cc1. The number of thiol groups is 1. The molecule has 0 amide bonds. The van der Waals surface area contributed by atoms with Gasteiger partial charge in [-0.25, -0.2) is 0 Å². The number of rotatable bonds is 2. The van der Waals surface area contributed by atoms with E-state index in [4.69, 9.17) is 5.84 Å². The molecule has 0 radical (unpaired) electrons. The molecule has 0 spiro atoms. The molecule has 0 bridgehead atoms. The van der Waals surface area contributed by atoms with Crippen LogP contribution in [0.2, 0.25) is 0 Å². The Kier molecular flexibility index (Phi) is 3.27. The van der Waals surface area contributed by atoms with Crippen molar-refractivity contribution in [1.82, 2.24) is 0 Å². The summed E-state index contributed by atoms with van der Waals surface area (Å²) >= 11 is 4.25. The second-order valence-corrected chi connectivity index (χ2v) is 3.91. The Bertz CT molecular complexity index is 489. The van der Waals surface area contributed by atoms with Crippen LogP contribution in [0.25, 0.3) is 0 Å². The van der Waals surface area contributed by atoms with Gasteiger partial charge in [-0.05, 0) is 12.1 Å². The van der Waals surface area contributed by atoms with Crippen molar-refractivity contribution >= 4 is 18.3 Å². The molecule has 0 aliphatic carbocycles. The summed E-state index contributed by atoms with van der Waals surface area (Å²) in [6.07, 6.45) is 0. The predicted molar refractivity (Wildman–Crippen MR) is 70.0 cm³/mol. The molecule has 0 saturated heterocycles. The van der Waals surface area contributed by atoms with Gasteiger partial charge >= 0.3 is 0 Å². The van der Waals surface area contributed by atoms with E-state index in [1.165, 1.54) is 0 Å². The molecule has 0 aliphatic rings. The fraction of sp³-hybridized carbons (Fsp3) is 0. The van der Waals surface area contributed by atoms with E-state index >= 15 is 0 Å². The molecule has 80 valence electrons. The maximum atomic E-state index is 5.44. The van der Waals surface area contributed by atoms with Crippen molar-refractivity contribution < 1.29 is 0 Å². The van der Waals surface area contributed by atoms with Crippen molar-refractivity contribution in [1.29, 1.82) is 0 Å². The molecular weight excluding hydrogens is 216 g/mol. The summed E-state index contributed by atoms with van der Waals surface area (Å²) in [5, 5.41) is 3.85. The summed E-state index contributed by atoms with van der Waals surface area (Å²) in [5.74, 6) is 5.44. The maximum Gasteiger partial charge on any atom is 0.0971 e. The Morgan fingerprint density at radius 3 is 2.00 bits per heavy atom. The Morgan fingerprint density at radius 2 is 1.44 bits per heavy atom. The summed E-state index contributed by atoms with van der Waals surface area (Å²) < 4.78 is 0. The molecular formula is C13H12N2S. The highest BCUT2D eigenvalue weighted by molar-refractivity contribution is 7.80. The summed E-state index contributed by atoms with van der Waals surface area (Å²) in [6, 6.07) is 17.6. The van der Waals surface area contributed by atoms with Gasteiger partial charge in [0.1, 0.15) is 0 Å². The molecule has 2 aromatic carbocycles. The Balaban J connectivity index is 2.42. The molecule has 3 heteroatoms. The topological polar surface area (TPSA) is 38.4 Å². The molecule has 0 saturated carbocycles. The van der Waals surface area contributed by atoms with Crippen molar-refractivity contribution in [3.05, 3.63) is 65.7 Å². The Labute approximate surface area is 100 Å². The van der Waals surface area contributed by atoms with Gasteiger partial charge in [0.2, 0.25) is 0 Å². The van der Waals surface area contributed by atoms with Crippen LogP contribution in [0.1, 0.15) is 11.1 Å². The zero-order valence-electron chi connectivity index (χ0n) is 8.67. The molecule has 0 fully saturated rings. The number of benzene rings is 2. The van der Waals surface area contributed by atoms with Crippen molar-refractivity contribution in [2.24, 2.45) is 10.9 Å². The molecule has 16 heavy (non-hydrogen) atoms. The van der Waals surface area contributed by atoms with Gasteiger partial charge in [-0.3, -0.25) is 0 Å². The van der Waals surface area contributed by atoms with Crippen LogP contribution >= 0.6 is 12.6 Å². The maximum absolute atomic E-state index is 5.44. The van der Waals surface area contributed by atoms with Crippen LogP contribution < -0.4 is 5.84 Å². The lowest BCUT2D eigenvalue weighted by atomic mass is 10.0. The van der Waals surface area contributed by atoms with E-state index in [2.05, 4.69) is 17.7 Å². The van der Waals surface area contributed by atoms with Crippen LogP contribution in [0.15, 0.2) is 64.6 Å². The van der Waals surface area contributed by atoms with Crippen LogP contribution in [0.4, 0.5) is 0 Å². The lowest BCUT2D eigenvalue weighted by Crippen LogP contribution is -2.05. The zero-order valence-corrected chi connectivity index (χ0v) is 9.56. The van der Waals surface area contributed by atoms with Gasteiger partial charge in [-0.1, -0.05) is 42.5 Å². The summed E-state index contributed by atoms with van der Waals surface area (Å²) in [5.41, 5.74) is 2.79. The van der Waals surface area contributed by atoms with E-state index in [1.807, 2.05) is 54.6 Å². The van der Waals surface area contributed by atoms with E-state index in [-0.39, 0.29) is 0 Å². The minimum absolute atomic E-state index is 0.786. The molecule has 0 unspecified atom stereocenters. The summed E-state index contributed by atoms with van der Waals surface area (Å²) in [6.45, 7) is 0. The standard InChI is InChI=1S/C13H12N2S/c14-15-13(10-4-2-1-3-5-10)11-6-8-12(16)9-7-11/h1-9,16H,14H2/b15-13+. The average Bonchev–Trinajstić information content (AvgIpc) is 2.34. The first kappa shape index (κ1) is 10.8. The van der Waals surface area contributed by atoms with Gasteiger partial charge in [0.25, 0.3) is 0 Å². The molecule has 0 aromatic heterocycles. The second-order valence-electron chi connectivity index (χ2n) is 3.39. The molecule has 0 atom stereocenters. The lowest BCUT2D eigenvalue weighted by Gasteiger charge is -2.05. The van der Waals surface area contributed by atoms with Crippen molar-refractivity contribution in [3.8, 4) is 0 Å². The molecule has 2 N–H and O–H groups in total. The first-order chi connectivity index (χ1) is 7.81. The normalized spacial score (nSPS) is 11.4. The smallest absolute Gasteiger partial charge is 0.0971 e. The van der Waals surface area contributed by atoms with Crippen LogP contribution in [0.3, 0.4) is 0 Å². The fourth-order valence-electron chi connectivity index (χ4n) is 1.53. The molecule has 0 heterocycles. The average molecular weight is 228 g/mol. The van der Waals surface area contributed by atoms with E-state index < -0.39 is 0 Å². The minimum atomic E-state index is 0.786. The highest BCUT2D eigenvalue weighted by Crippen LogP contribution is 2.13. The predicted octanol–water partition coefficient (Wildman–Crippen LogP) is 2.69. The largest absolute Gasteiger partial charge is 0.323 e. The first-order valence-electron chi connectivity index (χ1n) is 4.94. The van der Waals surface area contributed by atoms with E-state index in [0.29, 0.717) is 0 Å². The van der Waals surface area contributed by atoms with Gasteiger partial charge in [0, 0.05) is 16.0 Å². The third-order valence-electron chi connectivity index (χ3n) is 2.32. The van der Waals surface area contributed by atoms with Gasteiger partial charge < -0.3 is 5.84 Å². The van der Waals surface area contributed by atoms with Crippen molar-refractivity contribution in [2.75, 3.05) is 0 Å². The third-order valence-corrected chi connectivity index (χ3v) is 2.62. The van der Waals surface area contributed by atoms with Crippen LogP contribution in [-0.4, -0.2) is 5.71 Å². The van der Waals surface area contributed by atoms with Crippen LogP contribution in [0.5, 0.6) is 0 Å². The number of hydrogen-bond acceptors (Lipinski definition) is 3. The van der Waals surface area contributed by atoms with Gasteiger partial charge in [0.05, 0.1) is 5.71 Å². The molecule has 2 aromatic rings. The van der Waals surface area contributed by atoms with Gasteiger partial charge in [-0.15, -0.1) is 12.6 Å². The number of nitrogens with zero attached hydrogens (tertiary/aromatic N) is 1. The molecule has 2 nitrogen and oxygen atoms in total. The summed E-state index contributed by atoms with van der Waals surface area (Å²) in [4.78, 5) is 0.924.